The summed E-state index contributed by atoms with van der Waals surface area (Å²) in [6.07, 6.45) is 7.80. The third kappa shape index (κ3) is 3.32. The number of aliphatic hydroxyl groups excluding tert-OH is 1. The van der Waals surface area contributed by atoms with Crippen molar-refractivity contribution < 1.29 is 5.11 Å². The van der Waals surface area contributed by atoms with Crippen molar-refractivity contribution in [1.29, 1.82) is 0 Å². The molecule has 2 rings (SSSR count). The molecule has 2 nitrogen and oxygen atoms in total. The van der Waals surface area contributed by atoms with Crippen LogP contribution < -0.4 is 0 Å². The van der Waals surface area contributed by atoms with Crippen molar-refractivity contribution in [2.45, 2.75) is 52.6 Å². The summed E-state index contributed by atoms with van der Waals surface area (Å²) in [5.74, 6) is 1.12. The minimum absolute atomic E-state index is 0.135. The topological polar surface area (TPSA) is 33.1 Å². The van der Waals surface area contributed by atoms with Gasteiger partial charge in [-0.25, -0.2) is 0 Å². The van der Waals surface area contributed by atoms with Gasteiger partial charge >= 0.3 is 0 Å². The van der Waals surface area contributed by atoms with Crippen molar-refractivity contribution in [2.24, 2.45) is 17.3 Å². The van der Waals surface area contributed by atoms with Gasteiger partial charge in [-0.2, -0.15) is 0 Å². The van der Waals surface area contributed by atoms with E-state index >= 15 is 0 Å². The quantitative estimate of drug-likeness (QED) is 0.868. The number of nitrogens with zero attached hydrogens (tertiary/aromatic N) is 1. The minimum atomic E-state index is -0.135. The maximum absolute atomic E-state index is 10.2. The second-order valence-electron chi connectivity index (χ2n) is 6.77. The molecule has 1 fully saturated rings. The molecule has 0 spiro atoms. The monoisotopic (exact) mass is 247 g/mol. The molecule has 1 heterocycles. The van der Waals surface area contributed by atoms with Crippen LogP contribution in [0.1, 0.15) is 45.6 Å². The molecule has 1 saturated carbocycles. The van der Waals surface area contributed by atoms with Crippen molar-refractivity contribution in [3.8, 4) is 0 Å². The van der Waals surface area contributed by atoms with Gasteiger partial charge in [0, 0.05) is 12.4 Å². The summed E-state index contributed by atoms with van der Waals surface area (Å²) in [4.78, 5) is 4.16. The fourth-order valence-electron chi connectivity index (χ4n) is 3.08. The van der Waals surface area contributed by atoms with Crippen LogP contribution in [-0.4, -0.2) is 16.2 Å². The predicted octanol–water partition coefficient (Wildman–Crippen LogP) is 3.45. The first-order valence-corrected chi connectivity index (χ1v) is 7.04. The molecular weight excluding hydrogens is 222 g/mol. The molecule has 100 valence electrons. The molecule has 1 aliphatic rings. The van der Waals surface area contributed by atoms with E-state index in [1.807, 2.05) is 12.3 Å². The summed E-state index contributed by atoms with van der Waals surface area (Å²) in [6, 6.07) is 4.09. The van der Waals surface area contributed by atoms with Gasteiger partial charge in [0.2, 0.25) is 0 Å². The van der Waals surface area contributed by atoms with E-state index < -0.39 is 0 Å². The second-order valence-corrected chi connectivity index (χ2v) is 6.77. The number of rotatable bonds is 2. The SMILES string of the molecule is CC(C)(C)C1CCC(O)C(Cc2cccnc2)C1. The van der Waals surface area contributed by atoms with Crippen molar-refractivity contribution in [2.75, 3.05) is 0 Å². The van der Waals surface area contributed by atoms with Crippen LogP contribution in [0.15, 0.2) is 24.5 Å². The molecule has 3 atom stereocenters. The van der Waals surface area contributed by atoms with Crippen LogP contribution in [0.25, 0.3) is 0 Å². The molecule has 1 aromatic heterocycles. The highest BCUT2D eigenvalue weighted by Gasteiger charge is 2.34. The molecule has 1 aliphatic carbocycles. The van der Waals surface area contributed by atoms with Crippen LogP contribution in [0.3, 0.4) is 0 Å². The number of hydrogen-bond donors (Lipinski definition) is 1. The Morgan fingerprint density at radius 3 is 2.72 bits per heavy atom. The Hall–Kier alpha value is -0.890. The average molecular weight is 247 g/mol. The normalized spacial score (nSPS) is 29.2. The Balaban J connectivity index is 2.02. The third-order valence-corrected chi connectivity index (χ3v) is 4.39. The fraction of sp³-hybridized carbons (Fsp3) is 0.688. The van der Waals surface area contributed by atoms with Crippen LogP contribution in [0.4, 0.5) is 0 Å². The highest BCUT2D eigenvalue weighted by Crippen LogP contribution is 2.41. The summed E-state index contributed by atoms with van der Waals surface area (Å²) in [5, 5.41) is 10.2. The zero-order valence-electron chi connectivity index (χ0n) is 11.8. The smallest absolute Gasteiger partial charge is 0.0571 e. The van der Waals surface area contributed by atoms with Crippen LogP contribution in [0.5, 0.6) is 0 Å². The maximum atomic E-state index is 10.2. The second kappa shape index (κ2) is 5.40. The number of pyridine rings is 1. The van der Waals surface area contributed by atoms with Crippen LogP contribution in [0, 0.1) is 17.3 Å². The van der Waals surface area contributed by atoms with E-state index in [9.17, 15) is 5.11 Å². The lowest BCUT2D eigenvalue weighted by Gasteiger charge is -2.40. The van der Waals surface area contributed by atoms with Crippen molar-refractivity contribution in [1.82, 2.24) is 4.98 Å². The Morgan fingerprint density at radius 1 is 1.33 bits per heavy atom. The summed E-state index contributed by atoms with van der Waals surface area (Å²) in [5.41, 5.74) is 1.60. The van der Waals surface area contributed by atoms with E-state index in [-0.39, 0.29) is 6.10 Å². The number of aromatic nitrogens is 1. The van der Waals surface area contributed by atoms with Crippen LogP contribution in [0.2, 0.25) is 0 Å². The molecule has 0 bridgehead atoms. The average Bonchev–Trinajstić information content (AvgIpc) is 2.32. The molecule has 1 N–H and O–H groups in total. The van der Waals surface area contributed by atoms with Crippen LogP contribution in [-0.2, 0) is 6.42 Å². The first-order chi connectivity index (χ1) is 8.47. The molecule has 18 heavy (non-hydrogen) atoms. The molecule has 2 heteroatoms. The van der Waals surface area contributed by atoms with Gasteiger partial charge in [-0.05, 0) is 54.6 Å². The largest absolute Gasteiger partial charge is 0.393 e. The van der Waals surface area contributed by atoms with Gasteiger partial charge in [0.15, 0.2) is 0 Å². The maximum Gasteiger partial charge on any atom is 0.0571 e. The lowest BCUT2D eigenvalue weighted by atomic mass is 9.67. The first kappa shape index (κ1) is 13.5. The molecule has 3 unspecified atom stereocenters. The van der Waals surface area contributed by atoms with Crippen molar-refractivity contribution in [3.05, 3.63) is 30.1 Å². The van der Waals surface area contributed by atoms with E-state index in [2.05, 4.69) is 31.8 Å². The van der Waals surface area contributed by atoms with Gasteiger partial charge in [-0.1, -0.05) is 26.8 Å². The molecule has 0 amide bonds. The van der Waals surface area contributed by atoms with Gasteiger partial charge in [0.1, 0.15) is 0 Å². The Labute approximate surface area is 110 Å². The van der Waals surface area contributed by atoms with Gasteiger partial charge in [-0.15, -0.1) is 0 Å². The minimum Gasteiger partial charge on any atom is -0.393 e. The van der Waals surface area contributed by atoms with E-state index in [1.54, 1.807) is 6.20 Å². The molecule has 0 aromatic carbocycles. The Morgan fingerprint density at radius 2 is 2.11 bits per heavy atom. The van der Waals surface area contributed by atoms with Gasteiger partial charge in [-0.3, -0.25) is 4.98 Å². The highest BCUT2D eigenvalue weighted by atomic mass is 16.3. The fourth-order valence-corrected chi connectivity index (χ4v) is 3.08. The lowest BCUT2D eigenvalue weighted by molar-refractivity contribution is 0.0196. The van der Waals surface area contributed by atoms with Crippen molar-refractivity contribution >= 4 is 0 Å². The zero-order valence-corrected chi connectivity index (χ0v) is 11.8. The van der Waals surface area contributed by atoms with Gasteiger partial charge < -0.3 is 5.11 Å². The van der Waals surface area contributed by atoms with Gasteiger partial charge in [0.25, 0.3) is 0 Å². The molecule has 0 saturated heterocycles. The molecular formula is C16H25NO. The molecule has 0 radical (unpaired) electrons. The van der Waals surface area contributed by atoms with E-state index in [4.69, 9.17) is 0 Å². The van der Waals surface area contributed by atoms with Crippen LogP contribution >= 0.6 is 0 Å². The lowest BCUT2D eigenvalue weighted by Crippen LogP contribution is -2.35. The first-order valence-electron chi connectivity index (χ1n) is 7.04. The Bertz CT molecular complexity index is 368. The van der Waals surface area contributed by atoms with E-state index in [0.717, 1.165) is 31.6 Å². The van der Waals surface area contributed by atoms with E-state index in [1.165, 1.54) is 5.56 Å². The summed E-state index contributed by atoms with van der Waals surface area (Å²) < 4.78 is 0. The third-order valence-electron chi connectivity index (χ3n) is 4.39. The predicted molar refractivity (Wildman–Crippen MR) is 74.2 cm³/mol. The summed E-state index contributed by atoms with van der Waals surface area (Å²) in [6.45, 7) is 6.95. The molecule has 1 aromatic rings. The van der Waals surface area contributed by atoms with Gasteiger partial charge in [0.05, 0.1) is 6.10 Å². The molecule has 0 aliphatic heterocycles. The Kier molecular flexibility index (Phi) is 4.06. The van der Waals surface area contributed by atoms with E-state index in [0.29, 0.717) is 11.3 Å². The standard InChI is InChI=1S/C16H25NO/c1-16(2,3)14-6-7-15(18)13(10-14)9-12-5-4-8-17-11-12/h4-5,8,11,13-15,18H,6-7,9-10H2,1-3H3. The summed E-state index contributed by atoms with van der Waals surface area (Å²) in [7, 11) is 0. The highest BCUT2D eigenvalue weighted by molar-refractivity contribution is 5.10. The summed E-state index contributed by atoms with van der Waals surface area (Å²) >= 11 is 0. The van der Waals surface area contributed by atoms with Crippen molar-refractivity contribution in [3.63, 3.8) is 0 Å². The number of hydrogen-bond acceptors (Lipinski definition) is 2. The number of aliphatic hydroxyl groups is 1. The zero-order chi connectivity index (χ0) is 13.2.